The summed E-state index contributed by atoms with van der Waals surface area (Å²) in [6, 6.07) is -0.550. The van der Waals surface area contributed by atoms with Crippen LogP contribution in [-0.4, -0.2) is 50.2 Å². The monoisotopic (exact) mass is 317 g/mol. The Kier molecular flexibility index (Phi) is 5.52. The highest BCUT2D eigenvalue weighted by Crippen LogP contribution is 2.35. The largest absolute Gasteiger partial charge is 0.480 e. The van der Waals surface area contributed by atoms with Crippen molar-refractivity contribution in [2.24, 2.45) is 0 Å². The van der Waals surface area contributed by atoms with Crippen molar-refractivity contribution >= 4 is 9.84 Å². The quantitative estimate of drug-likeness (QED) is 0.801. The van der Waals surface area contributed by atoms with Gasteiger partial charge in [-0.2, -0.15) is 4.98 Å². The third kappa shape index (κ3) is 3.62. The van der Waals surface area contributed by atoms with Gasteiger partial charge in [-0.1, -0.05) is 6.92 Å². The standard InChI is InChI=1S/C13H23N3O4S/c1-7-14-11(13(2,3)21(6,17)18)10-12(20-5)16-9(19-4)8-15-10/h8,11,14H,7H2,1-6H3. The molecule has 1 atom stereocenters. The Morgan fingerprint density at radius 1 is 1.33 bits per heavy atom. The Labute approximate surface area is 126 Å². The van der Waals surface area contributed by atoms with Crippen molar-refractivity contribution in [1.82, 2.24) is 15.3 Å². The Hall–Kier alpha value is -1.41. The maximum Gasteiger partial charge on any atom is 0.240 e. The molecule has 0 aliphatic heterocycles. The molecule has 0 spiro atoms. The molecule has 0 aliphatic rings. The molecule has 8 heteroatoms. The van der Waals surface area contributed by atoms with Crippen molar-refractivity contribution in [2.45, 2.75) is 31.6 Å². The van der Waals surface area contributed by atoms with Crippen LogP contribution in [0.3, 0.4) is 0 Å². The number of aromatic nitrogens is 2. The normalized spacial score (nSPS) is 13.8. The number of rotatable bonds is 7. The smallest absolute Gasteiger partial charge is 0.240 e. The molecule has 1 aromatic heterocycles. The van der Waals surface area contributed by atoms with Crippen LogP contribution in [0.25, 0.3) is 0 Å². The maximum atomic E-state index is 12.1. The molecule has 0 saturated heterocycles. The zero-order chi connectivity index (χ0) is 16.3. The number of sulfone groups is 1. The molecular weight excluding hydrogens is 294 g/mol. The van der Waals surface area contributed by atoms with E-state index in [2.05, 4.69) is 15.3 Å². The van der Waals surface area contributed by atoms with Gasteiger partial charge in [0.05, 0.1) is 31.2 Å². The molecular formula is C13H23N3O4S. The molecule has 1 unspecified atom stereocenters. The minimum atomic E-state index is -3.33. The van der Waals surface area contributed by atoms with E-state index in [0.717, 1.165) is 0 Å². The zero-order valence-electron chi connectivity index (χ0n) is 13.3. The zero-order valence-corrected chi connectivity index (χ0v) is 14.1. The molecule has 21 heavy (non-hydrogen) atoms. The average Bonchev–Trinajstić information content (AvgIpc) is 2.42. The van der Waals surface area contributed by atoms with Crippen LogP contribution in [0, 0.1) is 0 Å². The summed E-state index contributed by atoms with van der Waals surface area (Å²) in [6.45, 7) is 5.79. The van der Waals surface area contributed by atoms with Crippen LogP contribution in [-0.2, 0) is 9.84 Å². The van der Waals surface area contributed by atoms with Crippen molar-refractivity contribution in [3.63, 3.8) is 0 Å². The second-order valence-electron chi connectivity index (χ2n) is 5.17. The summed E-state index contributed by atoms with van der Waals surface area (Å²) in [6.07, 6.45) is 2.65. The highest BCUT2D eigenvalue weighted by atomic mass is 32.2. The van der Waals surface area contributed by atoms with Gasteiger partial charge in [-0.15, -0.1) is 0 Å². The van der Waals surface area contributed by atoms with E-state index < -0.39 is 20.6 Å². The Bertz CT molecular complexity index is 587. The third-order valence-corrected chi connectivity index (χ3v) is 5.63. The first-order valence-corrected chi connectivity index (χ1v) is 8.46. The van der Waals surface area contributed by atoms with Gasteiger partial charge in [-0.25, -0.2) is 13.4 Å². The van der Waals surface area contributed by atoms with E-state index >= 15 is 0 Å². The number of nitrogens with one attached hydrogen (secondary N) is 1. The van der Waals surface area contributed by atoms with Crippen LogP contribution in [0.5, 0.6) is 11.8 Å². The van der Waals surface area contributed by atoms with E-state index in [-0.39, 0.29) is 5.88 Å². The SMILES string of the molecule is CCNC(c1ncc(OC)nc1OC)C(C)(C)S(C)(=O)=O. The molecule has 0 aromatic carbocycles. The fourth-order valence-corrected chi connectivity index (χ4v) is 2.53. The first kappa shape index (κ1) is 17.6. The maximum absolute atomic E-state index is 12.1. The van der Waals surface area contributed by atoms with E-state index in [0.29, 0.717) is 18.1 Å². The summed E-state index contributed by atoms with van der Waals surface area (Å²) in [5, 5.41) is 3.16. The van der Waals surface area contributed by atoms with Gasteiger partial charge in [-0.05, 0) is 20.4 Å². The van der Waals surface area contributed by atoms with Gasteiger partial charge in [0.25, 0.3) is 0 Å². The lowest BCUT2D eigenvalue weighted by Gasteiger charge is -2.33. The molecule has 1 heterocycles. The minimum Gasteiger partial charge on any atom is -0.480 e. The molecule has 0 bridgehead atoms. The van der Waals surface area contributed by atoms with Gasteiger partial charge in [0.2, 0.25) is 11.8 Å². The lowest BCUT2D eigenvalue weighted by atomic mass is 9.99. The third-order valence-electron chi connectivity index (χ3n) is 3.48. The molecule has 120 valence electrons. The summed E-state index contributed by atoms with van der Waals surface area (Å²) in [5.74, 6) is 0.556. The summed E-state index contributed by atoms with van der Waals surface area (Å²) in [7, 11) is -0.390. The molecule has 0 amide bonds. The average molecular weight is 317 g/mol. The van der Waals surface area contributed by atoms with Crippen LogP contribution in [0.4, 0.5) is 0 Å². The van der Waals surface area contributed by atoms with Gasteiger partial charge in [0, 0.05) is 6.26 Å². The van der Waals surface area contributed by atoms with Crippen LogP contribution in [0.1, 0.15) is 32.5 Å². The lowest BCUT2D eigenvalue weighted by Crippen LogP contribution is -2.45. The molecule has 0 radical (unpaired) electrons. The van der Waals surface area contributed by atoms with Crippen LogP contribution >= 0.6 is 0 Å². The number of hydrogen-bond donors (Lipinski definition) is 1. The molecule has 1 aromatic rings. The number of methoxy groups -OCH3 is 2. The Morgan fingerprint density at radius 3 is 2.38 bits per heavy atom. The van der Waals surface area contributed by atoms with Crippen molar-refractivity contribution in [3.8, 4) is 11.8 Å². The highest BCUT2D eigenvalue weighted by Gasteiger charge is 2.42. The van der Waals surface area contributed by atoms with E-state index in [9.17, 15) is 8.42 Å². The molecule has 7 nitrogen and oxygen atoms in total. The predicted molar refractivity (Wildman–Crippen MR) is 80.5 cm³/mol. The van der Waals surface area contributed by atoms with Crippen LogP contribution in [0.2, 0.25) is 0 Å². The van der Waals surface area contributed by atoms with Crippen molar-refractivity contribution in [2.75, 3.05) is 27.0 Å². The highest BCUT2D eigenvalue weighted by molar-refractivity contribution is 7.92. The molecule has 0 fully saturated rings. The molecule has 1 rings (SSSR count). The fraction of sp³-hybridized carbons (Fsp3) is 0.692. The fourth-order valence-electron chi connectivity index (χ4n) is 1.90. The Balaban J connectivity index is 3.42. The summed E-state index contributed by atoms with van der Waals surface area (Å²) >= 11 is 0. The minimum absolute atomic E-state index is 0.247. The van der Waals surface area contributed by atoms with Crippen LogP contribution < -0.4 is 14.8 Å². The van der Waals surface area contributed by atoms with Gasteiger partial charge in [-0.3, -0.25) is 0 Å². The van der Waals surface area contributed by atoms with Gasteiger partial charge < -0.3 is 14.8 Å². The Morgan fingerprint density at radius 2 is 1.95 bits per heavy atom. The molecule has 1 N–H and O–H groups in total. The summed E-state index contributed by atoms with van der Waals surface area (Å²) < 4.78 is 33.4. The van der Waals surface area contributed by atoms with Gasteiger partial charge >= 0.3 is 0 Å². The van der Waals surface area contributed by atoms with E-state index in [4.69, 9.17) is 9.47 Å². The number of hydrogen-bond acceptors (Lipinski definition) is 7. The van der Waals surface area contributed by atoms with Gasteiger partial charge in [0.15, 0.2) is 9.84 Å². The number of nitrogens with zero attached hydrogens (tertiary/aromatic N) is 2. The first-order chi connectivity index (χ1) is 9.68. The molecule has 0 saturated carbocycles. The second-order valence-corrected chi connectivity index (χ2v) is 7.77. The second kappa shape index (κ2) is 6.57. The van der Waals surface area contributed by atoms with Crippen LogP contribution in [0.15, 0.2) is 6.20 Å². The van der Waals surface area contributed by atoms with Gasteiger partial charge in [0.1, 0.15) is 5.69 Å². The van der Waals surface area contributed by atoms with Crippen molar-refractivity contribution in [1.29, 1.82) is 0 Å². The summed E-state index contributed by atoms with van der Waals surface area (Å²) in [4.78, 5) is 8.45. The predicted octanol–water partition coefficient (Wildman–Crippen LogP) is 0.968. The van der Waals surface area contributed by atoms with Crippen molar-refractivity contribution in [3.05, 3.63) is 11.9 Å². The molecule has 0 aliphatic carbocycles. The summed E-state index contributed by atoms with van der Waals surface area (Å²) in [5.41, 5.74) is 0.440. The van der Waals surface area contributed by atoms with E-state index in [1.807, 2.05) is 6.92 Å². The van der Waals surface area contributed by atoms with E-state index in [1.165, 1.54) is 26.7 Å². The van der Waals surface area contributed by atoms with E-state index in [1.54, 1.807) is 13.8 Å². The van der Waals surface area contributed by atoms with Crippen molar-refractivity contribution < 1.29 is 17.9 Å². The first-order valence-electron chi connectivity index (χ1n) is 6.56. The topological polar surface area (TPSA) is 90.4 Å². The lowest BCUT2D eigenvalue weighted by molar-refractivity contribution is 0.339. The number of ether oxygens (including phenoxy) is 2.